The lowest BCUT2D eigenvalue weighted by molar-refractivity contribution is 0.0714. The first-order valence-corrected chi connectivity index (χ1v) is 12.2. The highest BCUT2D eigenvalue weighted by Gasteiger charge is 2.43. The van der Waals surface area contributed by atoms with E-state index in [0.29, 0.717) is 41.2 Å². The average Bonchev–Trinajstić information content (AvgIpc) is 3.16. The predicted octanol–water partition coefficient (Wildman–Crippen LogP) is 6.18. The van der Waals surface area contributed by atoms with Crippen molar-refractivity contribution in [3.8, 4) is 11.5 Å². The maximum absolute atomic E-state index is 13.8. The Bertz CT molecular complexity index is 1540. The number of methoxy groups -OCH3 is 1. The molecule has 1 aliphatic rings. The molecule has 1 unspecified atom stereocenters. The highest BCUT2D eigenvalue weighted by Crippen LogP contribution is 2.42. The van der Waals surface area contributed by atoms with E-state index in [9.17, 15) is 9.59 Å². The number of ether oxygens (including phenoxy) is 2. The Labute approximate surface area is 216 Å². The lowest BCUT2D eigenvalue weighted by atomic mass is 9.97. The maximum Gasteiger partial charge on any atom is 0.291 e. The van der Waals surface area contributed by atoms with Crippen LogP contribution in [0.25, 0.3) is 11.0 Å². The first-order chi connectivity index (χ1) is 17.4. The fourth-order valence-corrected chi connectivity index (χ4v) is 4.88. The van der Waals surface area contributed by atoms with Crippen molar-refractivity contribution in [2.24, 2.45) is 0 Å². The van der Waals surface area contributed by atoms with E-state index in [1.807, 2.05) is 37.3 Å². The van der Waals surface area contributed by atoms with E-state index in [2.05, 4.69) is 22.5 Å². The molecule has 6 nitrogen and oxygen atoms in total. The normalized spacial score (nSPS) is 14.7. The summed E-state index contributed by atoms with van der Waals surface area (Å²) >= 11 is 3.43. The van der Waals surface area contributed by atoms with Crippen molar-refractivity contribution in [2.75, 3.05) is 13.7 Å². The van der Waals surface area contributed by atoms with E-state index >= 15 is 0 Å². The van der Waals surface area contributed by atoms with Crippen LogP contribution in [0.3, 0.4) is 0 Å². The van der Waals surface area contributed by atoms with E-state index in [0.717, 1.165) is 21.2 Å². The van der Waals surface area contributed by atoms with E-state index in [1.165, 1.54) is 0 Å². The number of nitrogens with zero attached hydrogens (tertiary/aromatic N) is 1. The SMILES string of the molecule is C=CCOc1ccc(C2c3c(oc4ccc(Br)cc4c3=O)C(=O)N2Cc2ccc(C)cc2)cc1OC. The topological polar surface area (TPSA) is 69.0 Å². The van der Waals surface area contributed by atoms with Gasteiger partial charge in [-0.2, -0.15) is 0 Å². The number of hydrogen-bond acceptors (Lipinski definition) is 5. The number of fused-ring (bicyclic) bond motifs is 2. The molecule has 0 saturated carbocycles. The largest absolute Gasteiger partial charge is 0.493 e. The number of rotatable bonds is 7. The molecule has 182 valence electrons. The van der Waals surface area contributed by atoms with Crippen LogP contribution in [0.2, 0.25) is 0 Å². The lowest BCUT2D eigenvalue weighted by Gasteiger charge is -2.26. The monoisotopic (exact) mass is 545 g/mol. The van der Waals surface area contributed by atoms with E-state index in [4.69, 9.17) is 13.9 Å². The second-order valence-corrected chi connectivity index (χ2v) is 9.56. The quantitative estimate of drug-likeness (QED) is 0.259. The Morgan fingerprint density at radius 3 is 2.56 bits per heavy atom. The van der Waals surface area contributed by atoms with Gasteiger partial charge in [-0.25, -0.2) is 0 Å². The summed E-state index contributed by atoms with van der Waals surface area (Å²) in [6.07, 6.45) is 1.65. The molecular formula is C29H24BrNO5. The van der Waals surface area contributed by atoms with Crippen LogP contribution < -0.4 is 14.9 Å². The molecule has 1 aromatic heterocycles. The maximum atomic E-state index is 13.8. The van der Waals surface area contributed by atoms with Gasteiger partial charge in [0.15, 0.2) is 16.9 Å². The molecule has 4 aromatic rings. The molecule has 0 saturated heterocycles. The van der Waals surface area contributed by atoms with Gasteiger partial charge < -0.3 is 18.8 Å². The molecule has 7 heteroatoms. The van der Waals surface area contributed by atoms with Gasteiger partial charge in [-0.05, 0) is 48.4 Å². The second kappa shape index (κ2) is 9.66. The van der Waals surface area contributed by atoms with E-state index in [-0.39, 0.29) is 17.1 Å². The number of carbonyl (C=O) groups is 1. The van der Waals surface area contributed by atoms with Crippen molar-refractivity contribution >= 4 is 32.8 Å². The lowest BCUT2D eigenvalue weighted by Crippen LogP contribution is -2.29. The fourth-order valence-electron chi connectivity index (χ4n) is 4.51. The van der Waals surface area contributed by atoms with Crippen LogP contribution in [0, 0.1) is 6.92 Å². The summed E-state index contributed by atoms with van der Waals surface area (Å²) < 4.78 is 18.1. The summed E-state index contributed by atoms with van der Waals surface area (Å²) in [4.78, 5) is 29.1. The van der Waals surface area contributed by atoms with Crippen molar-refractivity contribution in [3.63, 3.8) is 0 Å². The third kappa shape index (κ3) is 4.20. The van der Waals surface area contributed by atoms with Crippen LogP contribution >= 0.6 is 15.9 Å². The van der Waals surface area contributed by atoms with Crippen molar-refractivity contribution in [3.05, 3.63) is 116 Å². The van der Waals surface area contributed by atoms with Gasteiger partial charge in [0.2, 0.25) is 5.76 Å². The summed E-state index contributed by atoms with van der Waals surface area (Å²) in [5.41, 5.74) is 3.25. The van der Waals surface area contributed by atoms with Gasteiger partial charge in [-0.15, -0.1) is 0 Å². The molecule has 1 aliphatic heterocycles. The summed E-state index contributed by atoms with van der Waals surface area (Å²) in [6.45, 7) is 6.33. The Balaban J connectivity index is 1.69. The number of halogens is 1. The summed E-state index contributed by atoms with van der Waals surface area (Å²) in [6, 6.07) is 17.9. The number of carbonyl (C=O) groups excluding carboxylic acids is 1. The molecule has 0 aliphatic carbocycles. The van der Waals surface area contributed by atoms with Crippen LogP contribution in [0.1, 0.15) is 38.9 Å². The highest BCUT2D eigenvalue weighted by molar-refractivity contribution is 9.10. The molecule has 0 fully saturated rings. The minimum absolute atomic E-state index is 0.0675. The van der Waals surface area contributed by atoms with Crippen molar-refractivity contribution in [1.82, 2.24) is 4.90 Å². The summed E-state index contributed by atoms with van der Waals surface area (Å²) in [7, 11) is 1.55. The van der Waals surface area contributed by atoms with Gasteiger partial charge in [-0.1, -0.05) is 64.5 Å². The molecule has 0 spiro atoms. The highest BCUT2D eigenvalue weighted by atomic mass is 79.9. The molecule has 5 rings (SSSR count). The molecule has 36 heavy (non-hydrogen) atoms. The van der Waals surface area contributed by atoms with Gasteiger partial charge in [0.1, 0.15) is 12.2 Å². The van der Waals surface area contributed by atoms with Gasteiger partial charge in [0.05, 0.1) is 24.1 Å². The predicted molar refractivity (Wildman–Crippen MR) is 142 cm³/mol. The van der Waals surface area contributed by atoms with E-state index in [1.54, 1.807) is 48.4 Å². The Kier molecular flexibility index (Phi) is 6.41. The first kappa shape index (κ1) is 23.9. The standard InChI is InChI=1S/C29H24BrNO5/c1-4-13-35-23-11-9-19(14-24(23)34-3)26-25-27(32)21-15-20(30)10-12-22(21)36-28(25)29(33)31(26)16-18-7-5-17(2)6-8-18/h4-12,14-15,26H,1,13,16H2,2-3H3. The number of aryl methyl sites for hydroxylation is 1. The number of hydrogen-bond donors (Lipinski definition) is 0. The zero-order valence-corrected chi connectivity index (χ0v) is 21.5. The van der Waals surface area contributed by atoms with Crippen LogP contribution in [-0.4, -0.2) is 24.5 Å². The average molecular weight is 546 g/mol. The Morgan fingerprint density at radius 2 is 1.83 bits per heavy atom. The Hall–Kier alpha value is -3.84. The van der Waals surface area contributed by atoms with Crippen LogP contribution in [0.4, 0.5) is 0 Å². The molecule has 0 bridgehead atoms. The smallest absolute Gasteiger partial charge is 0.291 e. The molecule has 2 heterocycles. The summed E-state index contributed by atoms with van der Waals surface area (Å²) in [5.74, 6) is 0.782. The zero-order valence-electron chi connectivity index (χ0n) is 19.9. The van der Waals surface area contributed by atoms with Crippen molar-refractivity contribution < 1.29 is 18.7 Å². The summed E-state index contributed by atoms with van der Waals surface area (Å²) in [5, 5.41) is 0.413. The minimum Gasteiger partial charge on any atom is -0.493 e. The fraction of sp³-hybridized carbons (Fsp3) is 0.172. The number of benzene rings is 3. The van der Waals surface area contributed by atoms with Gasteiger partial charge in [0, 0.05) is 11.0 Å². The molecular weight excluding hydrogens is 522 g/mol. The van der Waals surface area contributed by atoms with Crippen molar-refractivity contribution in [1.29, 1.82) is 0 Å². The second-order valence-electron chi connectivity index (χ2n) is 8.65. The van der Waals surface area contributed by atoms with Crippen LogP contribution in [0.5, 0.6) is 11.5 Å². The van der Waals surface area contributed by atoms with Crippen LogP contribution in [-0.2, 0) is 6.54 Å². The molecule has 1 atom stereocenters. The number of amides is 1. The molecule has 1 amide bonds. The zero-order chi connectivity index (χ0) is 25.4. The molecule has 0 radical (unpaired) electrons. The molecule has 3 aromatic carbocycles. The Morgan fingerprint density at radius 1 is 1.06 bits per heavy atom. The van der Waals surface area contributed by atoms with Gasteiger partial charge in [-0.3, -0.25) is 9.59 Å². The van der Waals surface area contributed by atoms with Crippen LogP contribution in [0.15, 0.2) is 87.0 Å². The van der Waals surface area contributed by atoms with Crippen molar-refractivity contribution in [2.45, 2.75) is 19.5 Å². The molecule has 0 N–H and O–H groups in total. The third-order valence-electron chi connectivity index (χ3n) is 6.26. The van der Waals surface area contributed by atoms with Gasteiger partial charge >= 0.3 is 0 Å². The first-order valence-electron chi connectivity index (χ1n) is 11.5. The third-order valence-corrected chi connectivity index (χ3v) is 6.75. The van der Waals surface area contributed by atoms with E-state index < -0.39 is 6.04 Å². The minimum atomic E-state index is -0.657. The van der Waals surface area contributed by atoms with Gasteiger partial charge in [0.25, 0.3) is 5.91 Å².